The summed E-state index contributed by atoms with van der Waals surface area (Å²) in [6.45, 7) is 8.06. The molecule has 0 aromatic heterocycles. The van der Waals surface area contributed by atoms with Gasteiger partial charge in [0.25, 0.3) is 0 Å². The second-order valence-electron chi connectivity index (χ2n) is 4.92. The summed E-state index contributed by atoms with van der Waals surface area (Å²) in [5.74, 6) is 0.594. The highest BCUT2D eigenvalue weighted by Crippen LogP contribution is 2.43. The fourth-order valence-electron chi connectivity index (χ4n) is 1.32. The largest absolute Gasteiger partial charge is 0.326 e. The summed E-state index contributed by atoms with van der Waals surface area (Å²) >= 11 is 0. The summed E-state index contributed by atoms with van der Waals surface area (Å²) in [5.41, 5.74) is -0.247. The third-order valence-corrected chi connectivity index (χ3v) is 3.30. The summed E-state index contributed by atoms with van der Waals surface area (Å²) in [6, 6.07) is 0. The maximum absolute atomic E-state index is 10.8. The van der Waals surface area contributed by atoms with Gasteiger partial charge in [-0.15, -0.1) is 0 Å². The van der Waals surface area contributed by atoms with Gasteiger partial charge in [-0.1, -0.05) is 34.1 Å². The molecule has 0 spiro atoms. The van der Waals surface area contributed by atoms with Crippen LogP contribution in [0.25, 0.3) is 0 Å². The highest BCUT2D eigenvalue weighted by atomic mass is 31.2. The first-order valence-electron chi connectivity index (χ1n) is 4.67. The zero-order chi connectivity index (χ0) is 10.7. The Bertz CT molecular complexity index is 193. The van der Waals surface area contributed by atoms with E-state index in [2.05, 4.69) is 13.8 Å². The maximum atomic E-state index is 10.8. The number of rotatable bonds is 5. The lowest BCUT2D eigenvalue weighted by Crippen LogP contribution is -2.17. The standard InChI is InChI=1S/C9H21O3P/c1-8(2)5-6-9(3,4)7-13(10,11)12/h8H,5-7H2,1-4H3,(H2,10,11,12). The molecule has 0 rings (SSSR count). The van der Waals surface area contributed by atoms with Gasteiger partial charge in [-0.25, -0.2) is 0 Å². The SMILES string of the molecule is CC(C)CCC(C)(C)CP(=O)(O)O. The Morgan fingerprint density at radius 1 is 1.31 bits per heavy atom. The van der Waals surface area contributed by atoms with Gasteiger partial charge in [0.15, 0.2) is 0 Å². The Morgan fingerprint density at radius 2 is 1.77 bits per heavy atom. The van der Waals surface area contributed by atoms with Crippen LogP contribution in [-0.4, -0.2) is 15.9 Å². The molecule has 0 saturated carbocycles. The summed E-state index contributed by atoms with van der Waals surface area (Å²) < 4.78 is 10.8. The molecule has 0 amide bonds. The Kier molecular flexibility index (Phi) is 4.64. The van der Waals surface area contributed by atoms with E-state index in [1.807, 2.05) is 13.8 Å². The molecule has 0 aliphatic carbocycles. The first-order chi connectivity index (χ1) is 5.62. The van der Waals surface area contributed by atoms with Gasteiger partial charge in [0.2, 0.25) is 0 Å². The van der Waals surface area contributed by atoms with Crippen LogP contribution in [0, 0.1) is 11.3 Å². The van der Waals surface area contributed by atoms with E-state index in [0.29, 0.717) is 5.92 Å². The van der Waals surface area contributed by atoms with Crippen molar-refractivity contribution in [2.75, 3.05) is 6.16 Å². The Hall–Kier alpha value is 0.150. The van der Waals surface area contributed by atoms with Crippen LogP contribution in [0.3, 0.4) is 0 Å². The number of hydrogen-bond donors (Lipinski definition) is 2. The molecule has 4 heteroatoms. The average Bonchev–Trinajstić information content (AvgIpc) is 1.78. The molecule has 2 N–H and O–H groups in total. The first-order valence-corrected chi connectivity index (χ1v) is 6.47. The van der Waals surface area contributed by atoms with Crippen molar-refractivity contribution < 1.29 is 14.4 Å². The van der Waals surface area contributed by atoms with Crippen LogP contribution in [0.15, 0.2) is 0 Å². The molecule has 3 nitrogen and oxygen atoms in total. The van der Waals surface area contributed by atoms with E-state index < -0.39 is 7.60 Å². The Morgan fingerprint density at radius 3 is 2.08 bits per heavy atom. The molecule has 0 atom stereocenters. The van der Waals surface area contributed by atoms with Gasteiger partial charge in [0.1, 0.15) is 0 Å². The summed E-state index contributed by atoms with van der Waals surface area (Å²) in [4.78, 5) is 17.7. The summed E-state index contributed by atoms with van der Waals surface area (Å²) in [5, 5.41) is 0. The van der Waals surface area contributed by atoms with Crippen molar-refractivity contribution in [2.45, 2.75) is 40.5 Å². The van der Waals surface area contributed by atoms with Gasteiger partial charge in [-0.2, -0.15) is 0 Å². The molecule has 0 aromatic carbocycles. The van der Waals surface area contributed by atoms with E-state index in [1.165, 1.54) is 0 Å². The van der Waals surface area contributed by atoms with E-state index >= 15 is 0 Å². The van der Waals surface area contributed by atoms with E-state index in [1.54, 1.807) is 0 Å². The molecule has 0 aliphatic rings. The zero-order valence-corrected chi connectivity index (χ0v) is 9.84. The van der Waals surface area contributed by atoms with Gasteiger partial charge in [0.05, 0.1) is 6.16 Å². The predicted molar refractivity (Wildman–Crippen MR) is 54.8 cm³/mol. The monoisotopic (exact) mass is 208 g/mol. The highest BCUT2D eigenvalue weighted by molar-refractivity contribution is 7.51. The van der Waals surface area contributed by atoms with Crippen molar-refractivity contribution >= 4 is 7.60 Å². The maximum Gasteiger partial charge on any atom is 0.326 e. The van der Waals surface area contributed by atoms with Gasteiger partial charge < -0.3 is 9.79 Å². The van der Waals surface area contributed by atoms with Gasteiger partial charge in [-0.3, -0.25) is 4.57 Å². The van der Waals surface area contributed by atoms with Crippen molar-refractivity contribution in [1.82, 2.24) is 0 Å². The van der Waals surface area contributed by atoms with Crippen molar-refractivity contribution in [2.24, 2.45) is 11.3 Å². The molecule has 80 valence electrons. The molecular weight excluding hydrogens is 187 g/mol. The number of hydrogen-bond acceptors (Lipinski definition) is 1. The normalized spacial score (nSPS) is 13.8. The lowest BCUT2D eigenvalue weighted by Gasteiger charge is -2.25. The molecule has 0 saturated heterocycles. The van der Waals surface area contributed by atoms with Crippen molar-refractivity contribution in [3.05, 3.63) is 0 Å². The van der Waals surface area contributed by atoms with E-state index in [4.69, 9.17) is 9.79 Å². The molecule has 0 heterocycles. The minimum absolute atomic E-state index is 0.00722. The molecule has 0 unspecified atom stereocenters. The molecule has 0 aromatic rings. The fourth-order valence-corrected chi connectivity index (χ4v) is 2.59. The second kappa shape index (κ2) is 4.59. The van der Waals surface area contributed by atoms with Crippen LogP contribution in [0.4, 0.5) is 0 Å². The fraction of sp³-hybridized carbons (Fsp3) is 1.00. The highest BCUT2D eigenvalue weighted by Gasteiger charge is 2.27. The molecule has 13 heavy (non-hydrogen) atoms. The summed E-state index contributed by atoms with van der Waals surface area (Å²) in [6.07, 6.45) is 1.88. The minimum Gasteiger partial charge on any atom is -0.324 e. The molecule has 0 radical (unpaired) electrons. The Balaban J connectivity index is 4.01. The van der Waals surface area contributed by atoms with Crippen LogP contribution in [0.2, 0.25) is 0 Å². The van der Waals surface area contributed by atoms with Crippen LogP contribution < -0.4 is 0 Å². The molecular formula is C9H21O3P. The predicted octanol–water partition coefficient (Wildman–Crippen LogP) is 2.63. The first kappa shape index (κ1) is 13.2. The third-order valence-electron chi connectivity index (χ3n) is 2.03. The Labute approximate surface area is 80.7 Å². The lowest BCUT2D eigenvalue weighted by atomic mass is 9.87. The smallest absolute Gasteiger partial charge is 0.324 e. The van der Waals surface area contributed by atoms with E-state index in [9.17, 15) is 4.57 Å². The minimum atomic E-state index is -3.85. The van der Waals surface area contributed by atoms with Crippen LogP contribution >= 0.6 is 7.60 Å². The van der Waals surface area contributed by atoms with Crippen molar-refractivity contribution in [1.29, 1.82) is 0 Å². The van der Waals surface area contributed by atoms with Gasteiger partial charge in [0, 0.05) is 0 Å². The van der Waals surface area contributed by atoms with Gasteiger partial charge in [-0.05, 0) is 17.8 Å². The van der Waals surface area contributed by atoms with E-state index in [0.717, 1.165) is 12.8 Å². The van der Waals surface area contributed by atoms with Crippen LogP contribution in [-0.2, 0) is 4.57 Å². The van der Waals surface area contributed by atoms with Crippen LogP contribution in [0.1, 0.15) is 40.5 Å². The second-order valence-corrected chi connectivity index (χ2v) is 6.57. The quantitative estimate of drug-likeness (QED) is 0.683. The molecule has 0 aliphatic heterocycles. The molecule has 0 bridgehead atoms. The average molecular weight is 208 g/mol. The topological polar surface area (TPSA) is 57.5 Å². The van der Waals surface area contributed by atoms with E-state index in [-0.39, 0.29) is 11.6 Å². The van der Waals surface area contributed by atoms with Crippen LogP contribution in [0.5, 0.6) is 0 Å². The lowest BCUT2D eigenvalue weighted by molar-refractivity contribution is 0.300. The van der Waals surface area contributed by atoms with Crippen molar-refractivity contribution in [3.63, 3.8) is 0 Å². The zero-order valence-electron chi connectivity index (χ0n) is 8.95. The summed E-state index contributed by atoms with van der Waals surface area (Å²) in [7, 11) is -3.85. The third kappa shape index (κ3) is 8.48. The van der Waals surface area contributed by atoms with Crippen molar-refractivity contribution in [3.8, 4) is 0 Å². The van der Waals surface area contributed by atoms with Gasteiger partial charge >= 0.3 is 7.60 Å². The molecule has 0 fully saturated rings.